The quantitative estimate of drug-likeness (QED) is 0.767. The van der Waals surface area contributed by atoms with Crippen LogP contribution in [0.1, 0.15) is 31.7 Å². The molecule has 1 fully saturated rings. The largest absolute Gasteiger partial charge is 0.481 e. The number of hydrogen-bond donors (Lipinski definition) is 3. The van der Waals surface area contributed by atoms with Gasteiger partial charge in [-0.3, -0.25) is 9.59 Å². The number of carboxylic acid groups (broad SMARTS) is 1. The molecule has 0 aliphatic carbocycles. The number of aryl methyl sites for hydroxylation is 1. The standard InChI is InChI=1S/C18H23N3O4/c1-11-7-13(17(23)24)10-21(9-11)16(22)4-2-3-12-5-6-14-15(8-12)20-18(25)19-14/h5-6,8,11,13H,2-4,7,9-10H2,1H3,(H,23,24)(H2,19,20,25). The highest BCUT2D eigenvalue weighted by molar-refractivity contribution is 5.78. The first kappa shape index (κ1) is 17.3. The molecule has 1 saturated heterocycles. The lowest BCUT2D eigenvalue weighted by Crippen LogP contribution is -2.45. The van der Waals surface area contributed by atoms with Crippen molar-refractivity contribution in [3.63, 3.8) is 0 Å². The smallest absolute Gasteiger partial charge is 0.323 e. The summed E-state index contributed by atoms with van der Waals surface area (Å²) in [5.41, 5.74) is 2.37. The maximum absolute atomic E-state index is 12.4. The summed E-state index contributed by atoms with van der Waals surface area (Å²) in [7, 11) is 0. The topological polar surface area (TPSA) is 106 Å². The third kappa shape index (κ3) is 4.10. The summed E-state index contributed by atoms with van der Waals surface area (Å²) in [5, 5.41) is 9.20. The number of fused-ring (bicyclic) bond motifs is 1. The zero-order valence-corrected chi connectivity index (χ0v) is 14.2. The number of benzene rings is 1. The lowest BCUT2D eigenvalue weighted by Gasteiger charge is -2.34. The molecule has 0 spiro atoms. The molecule has 2 aromatic rings. The summed E-state index contributed by atoms with van der Waals surface area (Å²) in [4.78, 5) is 42.0. The highest BCUT2D eigenvalue weighted by atomic mass is 16.4. The second kappa shape index (κ2) is 7.13. The van der Waals surface area contributed by atoms with Crippen molar-refractivity contribution in [1.82, 2.24) is 14.9 Å². The van der Waals surface area contributed by atoms with Gasteiger partial charge in [-0.15, -0.1) is 0 Å². The molecular weight excluding hydrogens is 322 g/mol. The fraction of sp³-hybridized carbons (Fsp3) is 0.500. The lowest BCUT2D eigenvalue weighted by molar-refractivity contribution is -0.146. The zero-order chi connectivity index (χ0) is 18.0. The SMILES string of the molecule is CC1CC(C(=O)O)CN(C(=O)CCCc2ccc3[nH]c(=O)[nH]c3c2)C1. The summed E-state index contributed by atoms with van der Waals surface area (Å²) >= 11 is 0. The van der Waals surface area contributed by atoms with Crippen LogP contribution in [-0.4, -0.2) is 44.9 Å². The van der Waals surface area contributed by atoms with E-state index in [2.05, 4.69) is 9.97 Å². The van der Waals surface area contributed by atoms with Gasteiger partial charge in [0, 0.05) is 19.5 Å². The average molecular weight is 345 g/mol. The van der Waals surface area contributed by atoms with E-state index in [4.69, 9.17) is 0 Å². The predicted octanol–water partition coefficient (Wildman–Crippen LogP) is 1.75. The summed E-state index contributed by atoms with van der Waals surface area (Å²) in [5.74, 6) is -1.04. The van der Waals surface area contributed by atoms with Crippen molar-refractivity contribution in [2.75, 3.05) is 13.1 Å². The van der Waals surface area contributed by atoms with Crippen LogP contribution >= 0.6 is 0 Å². The lowest BCUT2D eigenvalue weighted by atomic mass is 9.90. The second-order valence-corrected chi connectivity index (χ2v) is 6.99. The van der Waals surface area contributed by atoms with Crippen LogP contribution in [0.5, 0.6) is 0 Å². The molecule has 7 nitrogen and oxygen atoms in total. The van der Waals surface area contributed by atoms with E-state index >= 15 is 0 Å². The third-order valence-electron chi connectivity index (χ3n) is 4.80. The Labute approximate surface area is 145 Å². The van der Waals surface area contributed by atoms with Gasteiger partial charge in [0.05, 0.1) is 17.0 Å². The Hall–Kier alpha value is -2.57. The number of aromatic nitrogens is 2. The zero-order valence-electron chi connectivity index (χ0n) is 14.2. The summed E-state index contributed by atoms with van der Waals surface area (Å²) in [6.07, 6.45) is 2.47. The molecule has 0 bridgehead atoms. The normalized spacial score (nSPS) is 20.8. The molecule has 1 aliphatic rings. The number of aromatic amines is 2. The van der Waals surface area contributed by atoms with Crippen LogP contribution in [0.2, 0.25) is 0 Å². The van der Waals surface area contributed by atoms with Gasteiger partial charge >= 0.3 is 11.7 Å². The predicted molar refractivity (Wildman–Crippen MR) is 93.3 cm³/mol. The number of aliphatic carboxylic acids is 1. The second-order valence-electron chi connectivity index (χ2n) is 6.99. The van der Waals surface area contributed by atoms with Crippen molar-refractivity contribution in [2.45, 2.75) is 32.6 Å². The first-order valence-electron chi connectivity index (χ1n) is 8.64. The van der Waals surface area contributed by atoms with E-state index in [9.17, 15) is 19.5 Å². The molecule has 1 aliphatic heterocycles. The van der Waals surface area contributed by atoms with Crippen LogP contribution in [0, 0.1) is 11.8 Å². The molecule has 25 heavy (non-hydrogen) atoms. The Bertz CT molecular complexity index is 838. The van der Waals surface area contributed by atoms with E-state index in [1.165, 1.54) is 0 Å². The van der Waals surface area contributed by atoms with Crippen molar-refractivity contribution >= 4 is 22.9 Å². The average Bonchev–Trinajstić information content (AvgIpc) is 2.93. The van der Waals surface area contributed by atoms with Gasteiger partial charge < -0.3 is 20.0 Å². The minimum absolute atomic E-state index is 0.0222. The molecule has 7 heteroatoms. The van der Waals surface area contributed by atoms with Gasteiger partial charge in [-0.1, -0.05) is 13.0 Å². The molecule has 0 radical (unpaired) electrons. The Morgan fingerprint density at radius 1 is 1.24 bits per heavy atom. The first-order chi connectivity index (χ1) is 11.9. The monoisotopic (exact) mass is 345 g/mol. The fourth-order valence-electron chi connectivity index (χ4n) is 3.57. The Balaban J connectivity index is 1.54. The van der Waals surface area contributed by atoms with Gasteiger partial charge in [0.25, 0.3) is 0 Å². The molecule has 2 unspecified atom stereocenters. The van der Waals surface area contributed by atoms with E-state index in [-0.39, 0.29) is 17.5 Å². The third-order valence-corrected chi connectivity index (χ3v) is 4.80. The number of nitrogens with zero attached hydrogens (tertiary/aromatic N) is 1. The molecule has 1 amide bonds. The highest BCUT2D eigenvalue weighted by Crippen LogP contribution is 2.23. The number of amides is 1. The van der Waals surface area contributed by atoms with Crippen molar-refractivity contribution < 1.29 is 14.7 Å². The number of likely N-dealkylation sites (tertiary alicyclic amines) is 1. The molecule has 2 atom stereocenters. The van der Waals surface area contributed by atoms with Gasteiger partial charge in [-0.2, -0.15) is 0 Å². The number of carbonyl (C=O) groups is 2. The molecule has 134 valence electrons. The minimum atomic E-state index is -0.821. The maximum atomic E-state index is 12.4. The van der Waals surface area contributed by atoms with Crippen molar-refractivity contribution in [2.24, 2.45) is 11.8 Å². The van der Waals surface area contributed by atoms with Crippen LogP contribution in [-0.2, 0) is 16.0 Å². The van der Waals surface area contributed by atoms with Crippen LogP contribution in [0.4, 0.5) is 0 Å². The highest BCUT2D eigenvalue weighted by Gasteiger charge is 2.31. The molecule has 1 aromatic heterocycles. The Kier molecular flexibility index (Phi) is 4.92. The van der Waals surface area contributed by atoms with Gasteiger partial charge in [0.15, 0.2) is 0 Å². The van der Waals surface area contributed by atoms with E-state index in [1.807, 2.05) is 25.1 Å². The summed E-state index contributed by atoms with van der Waals surface area (Å²) < 4.78 is 0. The number of H-pyrrole nitrogens is 2. The summed E-state index contributed by atoms with van der Waals surface area (Å²) in [6, 6.07) is 5.72. The van der Waals surface area contributed by atoms with Gasteiger partial charge in [-0.25, -0.2) is 4.79 Å². The number of imidazole rings is 1. The number of carboxylic acids is 1. The fourth-order valence-corrected chi connectivity index (χ4v) is 3.57. The summed E-state index contributed by atoms with van der Waals surface area (Å²) in [6.45, 7) is 2.94. The number of piperidine rings is 1. The molecule has 1 aromatic carbocycles. The van der Waals surface area contributed by atoms with E-state index < -0.39 is 11.9 Å². The molecule has 2 heterocycles. The Morgan fingerprint density at radius 3 is 2.76 bits per heavy atom. The van der Waals surface area contributed by atoms with Crippen LogP contribution in [0.15, 0.2) is 23.0 Å². The van der Waals surface area contributed by atoms with Crippen LogP contribution in [0.25, 0.3) is 11.0 Å². The molecule has 0 saturated carbocycles. The number of carbonyl (C=O) groups excluding carboxylic acids is 1. The first-order valence-corrected chi connectivity index (χ1v) is 8.64. The van der Waals surface area contributed by atoms with Crippen molar-refractivity contribution in [3.05, 3.63) is 34.2 Å². The molecular formula is C18H23N3O4. The van der Waals surface area contributed by atoms with Gasteiger partial charge in [-0.05, 0) is 42.9 Å². The number of nitrogens with one attached hydrogen (secondary N) is 2. The maximum Gasteiger partial charge on any atom is 0.323 e. The number of hydrogen-bond acceptors (Lipinski definition) is 3. The van der Waals surface area contributed by atoms with Gasteiger partial charge in [0.1, 0.15) is 0 Å². The van der Waals surface area contributed by atoms with E-state index in [0.717, 1.165) is 23.0 Å². The van der Waals surface area contributed by atoms with Gasteiger partial charge in [0.2, 0.25) is 5.91 Å². The minimum Gasteiger partial charge on any atom is -0.481 e. The van der Waals surface area contributed by atoms with Crippen molar-refractivity contribution in [1.29, 1.82) is 0 Å². The van der Waals surface area contributed by atoms with Crippen LogP contribution < -0.4 is 5.69 Å². The van der Waals surface area contributed by atoms with Crippen LogP contribution in [0.3, 0.4) is 0 Å². The Morgan fingerprint density at radius 2 is 2.00 bits per heavy atom. The van der Waals surface area contributed by atoms with E-state index in [0.29, 0.717) is 32.4 Å². The molecule has 3 rings (SSSR count). The molecule has 3 N–H and O–H groups in total. The van der Waals surface area contributed by atoms with E-state index in [1.54, 1.807) is 4.90 Å². The van der Waals surface area contributed by atoms with Crippen molar-refractivity contribution in [3.8, 4) is 0 Å². The number of rotatable bonds is 5.